The van der Waals surface area contributed by atoms with Crippen LogP contribution in [0.3, 0.4) is 0 Å². The molecule has 0 spiro atoms. The van der Waals surface area contributed by atoms with E-state index in [1.807, 2.05) is 6.92 Å². The second-order valence-electron chi connectivity index (χ2n) is 4.85. The topological polar surface area (TPSA) is 55.4 Å². The summed E-state index contributed by atoms with van der Waals surface area (Å²) in [6.45, 7) is 7.69. The van der Waals surface area contributed by atoms with Crippen molar-refractivity contribution >= 4 is 33.3 Å². The van der Waals surface area contributed by atoms with E-state index in [2.05, 4.69) is 21.2 Å². The Hall–Kier alpha value is -1.36. The van der Waals surface area contributed by atoms with Gasteiger partial charge in [-0.1, -0.05) is 22.9 Å². The minimum absolute atomic E-state index is 0.0354. The average Bonchev–Trinajstić information content (AvgIpc) is 2.39. The van der Waals surface area contributed by atoms with Gasteiger partial charge in [-0.25, -0.2) is 0 Å². The van der Waals surface area contributed by atoms with Gasteiger partial charge in [0.05, 0.1) is 16.6 Å². The van der Waals surface area contributed by atoms with Crippen molar-refractivity contribution in [2.24, 2.45) is 0 Å². The third-order valence-electron chi connectivity index (χ3n) is 2.68. The van der Waals surface area contributed by atoms with Gasteiger partial charge >= 0.3 is 0 Å². The van der Waals surface area contributed by atoms with Crippen LogP contribution < -0.4 is 10.1 Å². The highest BCUT2D eigenvalue weighted by molar-refractivity contribution is 9.10. The summed E-state index contributed by atoms with van der Waals surface area (Å²) < 4.78 is 4.87. The summed E-state index contributed by atoms with van der Waals surface area (Å²) in [6, 6.07) is 5.06. The maximum atomic E-state index is 12.2. The van der Waals surface area contributed by atoms with E-state index in [1.165, 1.54) is 0 Å². The average molecular weight is 342 g/mol. The standard InChI is InChI=1S/C15H20BrNO3/c1-5-13(18)17-11-8-7-10(9-12(11)20-6-2)14(19)15(3,4)16/h7-9H,5-6H2,1-4H3,(H,17,18). The molecule has 0 aliphatic heterocycles. The smallest absolute Gasteiger partial charge is 0.224 e. The molecule has 110 valence electrons. The van der Waals surface area contributed by atoms with Crippen LogP contribution in [-0.2, 0) is 4.79 Å². The van der Waals surface area contributed by atoms with E-state index in [9.17, 15) is 9.59 Å². The predicted octanol–water partition coefficient (Wildman–Crippen LogP) is 3.79. The fraction of sp³-hybridized carbons (Fsp3) is 0.467. The molecule has 0 radical (unpaired) electrons. The molecule has 0 unspecified atom stereocenters. The summed E-state index contributed by atoms with van der Waals surface area (Å²) >= 11 is 3.35. The fourth-order valence-electron chi connectivity index (χ4n) is 1.62. The van der Waals surface area contributed by atoms with Crippen LogP contribution in [0.4, 0.5) is 5.69 Å². The summed E-state index contributed by atoms with van der Waals surface area (Å²) in [5.41, 5.74) is 1.13. The van der Waals surface area contributed by atoms with Crippen molar-refractivity contribution in [2.45, 2.75) is 38.4 Å². The van der Waals surface area contributed by atoms with Gasteiger partial charge in [0.15, 0.2) is 5.78 Å². The molecule has 5 heteroatoms. The van der Waals surface area contributed by atoms with Gasteiger partial charge in [0.1, 0.15) is 5.75 Å². The van der Waals surface area contributed by atoms with Crippen LogP contribution in [0, 0.1) is 0 Å². The number of anilines is 1. The lowest BCUT2D eigenvalue weighted by molar-refractivity contribution is -0.115. The van der Waals surface area contributed by atoms with Crippen LogP contribution >= 0.6 is 15.9 Å². The largest absolute Gasteiger partial charge is 0.492 e. The highest BCUT2D eigenvalue weighted by Gasteiger charge is 2.25. The molecule has 1 N–H and O–H groups in total. The Morgan fingerprint density at radius 3 is 2.45 bits per heavy atom. The summed E-state index contributed by atoms with van der Waals surface area (Å²) in [7, 11) is 0. The lowest BCUT2D eigenvalue weighted by Crippen LogP contribution is -2.24. The molecule has 0 heterocycles. The molecule has 1 rings (SSSR count). The number of ether oxygens (including phenoxy) is 1. The molecule has 0 saturated carbocycles. The lowest BCUT2D eigenvalue weighted by atomic mass is 10.0. The van der Waals surface area contributed by atoms with E-state index in [0.29, 0.717) is 30.0 Å². The van der Waals surface area contributed by atoms with Crippen LogP contribution in [-0.4, -0.2) is 22.6 Å². The van der Waals surface area contributed by atoms with Crippen molar-refractivity contribution in [2.75, 3.05) is 11.9 Å². The van der Waals surface area contributed by atoms with Gasteiger partial charge in [-0.2, -0.15) is 0 Å². The number of benzene rings is 1. The molecule has 0 aliphatic rings. The number of Topliss-reactive ketones (excluding diaryl/α,β-unsaturated/α-hetero) is 1. The molecule has 4 nitrogen and oxygen atoms in total. The van der Waals surface area contributed by atoms with E-state index in [0.717, 1.165) is 0 Å². The number of halogens is 1. The summed E-state index contributed by atoms with van der Waals surface area (Å²) in [5, 5.41) is 2.76. The van der Waals surface area contributed by atoms with Crippen LogP contribution in [0.25, 0.3) is 0 Å². The van der Waals surface area contributed by atoms with Crippen molar-refractivity contribution in [3.8, 4) is 5.75 Å². The van der Waals surface area contributed by atoms with E-state index in [-0.39, 0.29) is 11.7 Å². The quantitative estimate of drug-likeness (QED) is 0.632. The zero-order valence-electron chi connectivity index (χ0n) is 12.2. The number of amides is 1. The molecule has 0 aromatic heterocycles. The van der Waals surface area contributed by atoms with Gasteiger partial charge in [0, 0.05) is 12.0 Å². The number of alkyl halides is 1. The lowest BCUT2D eigenvalue weighted by Gasteiger charge is -2.17. The Bertz CT molecular complexity index is 506. The third kappa shape index (κ3) is 4.34. The van der Waals surface area contributed by atoms with Crippen molar-refractivity contribution < 1.29 is 14.3 Å². The van der Waals surface area contributed by atoms with Gasteiger partial charge in [-0.3, -0.25) is 9.59 Å². The molecular weight excluding hydrogens is 322 g/mol. The zero-order valence-corrected chi connectivity index (χ0v) is 13.8. The van der Waals surface area contributed by atoms with Gasteiger partial charge in [-0.05, 0) is 39.0 Å². The number of ketones is 1. The van der Waals surface area contributed by atoms with E-state index < -0.39 is 4.32 Å². The summed E-state index contributed by atoms with van der Waals surface area (Å²) in [5.74, 6) is 0.384. The van der Waals surface area contributed by atoms with Gasteiger partial charge in [-0.15, -0.1) is 0 Å². The maximum absolute atomic E-state index is 12.2. The molecule has 1 amide bonds. The van der Waals surface area contributed by atoms with Crippen molar-refractivity contribution in [3.05, 3.63) is 23.8 Å². The second kappa shape index (κ2) is 6.88. The zero-order chi connectivity index (χ0) is 15.3. The first-order chi connectivity index (χ1) is 9.29. The molecule has 0 bridgehead atoms. The van der Waals surface area contributed by atoms with Gasteiger partial charge < -0.3 is 10.1 Å². The number of hydrogen-bond donors (Lipinski definition) is 1. The normalized spacial score (nSPS) is 11.1. The number of nitrogens with one attached hydrogen (secondary N) is 1. The van der Waals surface area contributed by atoms with Crippen LogP contribution in [0.1, 0.15) is 44.5 Å². The monoisotopic (exact) mass is 341 g/mol. The third-order valence-corrected chi connectivity index (χ3v) is 3.04. The van der Waals surface area contributed by atoms with E-state index in [1.54, 1.807) is 39.0 Å². The van der Waals surface area contributed by atoms with Gasteiger partial charge in [0.2, 0.25) is 5.91 Å². The first-order valence-corrected chi connectivity index (χ1v) is 7.39. The van der Waals surface area contributed by atoms with E-state index in [4.69, 9.17) is 4.74 Å². The molecule has 20 heavy (non-hydrogen) atoms. The van der Waals surface area contributed by atoms with Crippen LogP contribution in [0.5, 0.6) is 5.75 Å². The highest BCUT2D eigenvalue weighted by Crippen LogP contribution is 2.30. The Morgan fingerprint density at radius 1 is 1.30 bits per heavy atom. The number of rotatable bonds is 6. The van der Waals surface area contributed by atoms with Crippen molar-refractivity contribution in [1.29, 1.82) is 0 Å². The van der Waals surface area contributed by atoms with Gasteiger partial charge in [0.25, 0.3) is 0 Å². The highest BCUT2D eigenvalue weighted by atomic mass is 79.9. The summed E-state index contributed by atoms with van der Waals surface area (Å²) in [6.07, 6.45) is 0.390. The molecule has 0 fully saturated rings. The number of carbonyl (C=O) groups excluding carboxylic acids is 2. The maximum Gasteiger partial charge on any atom is 0.224 e. The molecule has 1 aromatic rings. The fourth-order valence-corrected chi connectivity index (χ4v) is 1.85. The Morgan fingerprint density at radius 2 is 1.95 bits per heavy atom. The Labute approximate surface area is 128 Å². The van der Waals surface area contributed by atoms with E-state index >= 15 is 0 Å². The molecule has 0 atom stereocenters. The summed E-state index contributed by atoms with van der Waals surface area (Å²) in [4.78, 5) is 23.7. The van der Waals surface area contributed by atoms with Crippen molar-refractivity contribution in [1.82, 2.24) is 0 Å². The SMILES string of the molecule is CCOc1cc(C(=O)C(C)(C)Br)ccc1NC(=O)CC. The molecule has 0 aliphatic carbocycles. The Kier molecular flexibility index (Phi) is 5.74. The molecule has 1 aromatic carbocycles. The second-order valence-corrected chi connectivity index (χ2v) is 6.83. The minimum Gasteiger partial charge on any atom is -0.492 e. The van der Waals surface area contributed by atoms with Crippen LogP contribution in [0.15, 0.2) is 18.2 Å². The number of hydrogen-bond acceptors (Lipinski definition) is 3. The molecular formula is C15H20BrNO3. The first-order valence-electron chi connectivity index (χ1n) is 6.60. The number of carbonyl (C=O) groups is 2. The predicted molar refractivity (Wildman–Crippen MR) is 83.9 cm³/mol. The molecule has 0 saturated heterocycles. The Balaban J connectivity index is 3.12. The first kappa shape index (κ1) is 16.7. The van der Waals surface area contributed by atoms with Crippen LogP contribution in [0.2, 0.25) is 0 Å². The minimum atomic E-state index is -0.634. The van der Waals surface area contributed by atoms with Crippen molar-refractivity contribution in [3.63, 3.8) is 0 Å².